The third kappa shape index (κ3) is 5.61. The number of anilines is 1. The summed E-state index contributed by atoms with van der Waals surface area (Å²) in [6.07, 6.45) is 2.94. The van der Waals surface area contributed by atoms with Gasteiger partial charge >= 0.3 is 12.1 Å². The van der Waals surface area contributed by atoms with E-state index in [9.17, 15) is 14.0 Å². The van der Waals surface area contributed by atoms with Crippen LogP contribution in [0.15, 0.2) is 42.6 Å². The first-order valence-corrected chi connectivity index (χ1v) is 11.4. The molecule has 0 spiro atoms. The first-order chi connectivity index (χ1) is 15.7. The van der Waals surface area contributed by atoms with Gasteiger partial charge in [0, 0.05) is 49.5 Å². The fourth-order valence-electron chi connectivity index (χ4n) is 4.31. The standard InChI is InChI=1S/C25H31FN4O3/c1-25(2,3)33-24(32)29-13-10-18(11-14-29)17-6-8-20(9-7-17)28-23(31)30-15-19(16-30)21-5-4-12-27-22(21)26/h4-9,12,18-19H,10-11,13-16H2,1-3H3,(H,28,31). The topological polar surface area (TPSA) is 74.8 Å². The molecule has 2 aliphatic heterocycles. The SMILES string of the molecule is CC(C)(C)OC(=O)N1CCC(c2ccc(NC(=O)N3CC(c4cccnc4F)C3)cc2)CC1. The van der Waals surface area contributed by atoms with Crippen LogP contribution in [0.2, 0.25) is 0 Å². The molecular weight excluding hydrogens is 423 g/mol. The number of carbonyl (C=O) groups is 2. The molecule has 3 heterocycles. The first kappa shape index (κ1) is 23.0. The number of piperidine rings is 1. The molecule has 2 aromatic rings. The van der Waals surface area contributed by atoms with Crippen LogP contribution in [0, 0.1) is 5.95 Å². The monoisotopic (exact) mass is 454 g/mol. The predicted octanol–water partition coefficient (Wildman–Crippen LogP) is 4.97. The molecule has 2 saturated heterocycles. The van der Waals surface area contributed by atoms with Crippen molar-refractivity contribution in [1.82, 2.24) is 14.8 Å². The van der Waals surface area contributed by atoms with Gasteiger partial charge in [-0.25, -0.2) is 14.6 Å². The van der Waals surface area contributed by atoms with Crippen LogP contribution in [0.25, 0.3) is 0 Å². The van der Waals surface area contributed by atoms with E-state index in [1.165, 1.54) is 11.8 Å². The summed E-state index contributed by atoms with van der Waals surface area (Å²) < 4.78 is 19.3. The van der Waals surface area contributed by atoms with Crippen molar-refractivity contribution in [2.45, 2.75) is 51.0 Å². The van der Waals surface area contributed by atoms with Crippen LogP contribution >= 0.6 is 0 Å². The molecule has 0 radical (unpaired) electrons. The van der Waals surface area contributed by atoms with E-state index in [4.69, 9.17) is 4.74 Å². The lowest BCUT2D eigenvalue weighted by atomic mass is 9.89. The molecule has 0 unspecified atom stereocenters. The van der Waals surface area contributed by atoms with Crippen LogP contribution in [0.3, 0.4) is 0 Å². The second kappa shape index (κ2) is 9.37. The number of amides is 3. The minimum Gasteiger partial charge on any atom is -0.444 e. The van der Waals surface area contributed by atoms with Gasteiger partial charge in [-0.2, -0.15) is 4.39 Å². The molecule has 0 aliphatic carbocycles. The van der Waals surface area contributed by atoms with Gasteiger partial charge in [0.25, 0.3) is 0 Å². The third-order valence-electron chi connectivity index (χ3n) is 6.18. The minimum absolute atomic E-state index is 0.0154. The number of likely N-dealkylation sites (tertiary alicyclic amines) is 2. The maximum absolute atomic E-state index is 13.8. The van der Waals surface area contributed by atoms with Crippen LogP contribution in [-0.4, -0.2) is 58.7 Å². The van der Waals surface area contributed by atoms with Gasteiger partial charge in [-0.05, 0) is 63.3 Å². The number of halogens is 1. The van der Waals surface area contributed by atoms with Crippen molar-refractivity contribution in [2.24, 2.45) is 0 Å². The molecule has 3 amide bonds. The molecule has 0 bridgehead atoms. The van der Waals surface area contributed by atoms with Crippen molar-refractivity contribution in [3.05, 3.63) is 59.7 Å². The van der Waals surface area contributed by atoms with E-state index in [0.29, 0.717) is 37.7 Å². The highest BCUT2D eigenvalue weighted by Crippen LogP contribution is 2.31. The number of nitrogens with zero attached hydrogens (tertiary/aromatic N) is 3. The molecule has 8 heteroatoms. The number of aromatic nitrogens is 1. The van der Waals surface area contributed by atoms with Crippen molar-refractivity contribution >= 4 is 17.8 Å². The van der Waals surface area contributed by atoms with Crippen molar-refractivity contribution in [2.75, 3.05) is 31.5 Å². The molecule has 4 rings (SSSR count). The summed E-state index contributed by atoms with van der Waals surface area (Å²) in [5, 5.41) is 2.91. The van der Waals surface area contributed by atoms with Crippen molar-refractivity contribution in [1.29, 1.82) is 0 Å². The Hall–Kier alpha value is -3.16. The van der Waals surface area contributed by atoms with E-state index in [1.54, 1.807) is 21.9 Å². The van der Waals surface area contributed by atoms with E-state index in [1.807, 2.05) is 45.0 Å². The smallest absolute Gasteiger partial charge is 0.410 e. The lowest BCUT2D eigenvalue weighted by Gasteiger charge is -2.39. The molecule has 0 atom stereocenters. The zero-order chi connectivity index (χ0) is 23.6. The molecule has 2 fully saturated rings. The van der Waals surface area contributed by atoms with Crippen LogP contribution in [0.5, 0.6) is 0 Å². The normalized spacial score (nSPS) is 17.5. The average Bonchev–Trinajstić information content (AvgIpc) is 2.73. The van der Waals surface area contributed by atoms with Crippen LogP contribution in [0.4, 0.5) is 19.7 Å². The summed E-state index contributed by atoms with van der Waals surface area (Å²) in [6.45, 7) is 7.92. The van der Waals surface area contributed by atoms with Crippen LogP contribution in [-0.2, 0) is 4.74 Å². The maximum Gasteiger partial charge on any atom is 0.410 e. The van der Waals surface area contributed by atoms with Gasteiger partial charge in [-0.15, -0.1) is 0 Å². The molecule has 7 nitrogen and oxygen atoms in total. The quantitative estimate of drug-likeness (QED) is 0.665. The van der Waals surface area contributed by atoms with Gasteiger partial charge in [0.15, 0.2) is 0 Å². The number of urea groups is 1. The van der Waals surface area contributed by atoms with Gasteiger partial charge < -0.3 is 19.9 Å². The minimum atomic E-state index is -0.486. The summed E-state index contributed by atoms with van der Waals surface area (Å²) in [5.74, 6) is -0.104. The number of carbonyl (C=O) groups excluding carboxylic acids is 2. The Bertz CT molecular complexity index is 991. The number of benzene rings is 1. The summed E-state index contributed by atoms with van der Waals surface area (Å²) in [4.78, 5) is 31.9. The highest BCUT2D eigenvalue weighted by molar-refractivity contribution is 5.90. The Morgan fingerprint density at radius 3 is 2.30 bits per heavy atom. The molecule has 1 aromatic carbocycles. The zero-order valence-corrected chi connectivity index (χ0v) is 19.4. The number of pyridine rings is 1. The molecule has 1 aromatic heterocycles. The summed E-state index contributed by atoms with van der Waals surface area (Å²) in [5.41, 5.74) is 2.00. The van der Waals surface area contributed by atoms with Crippen molar-refractivity contribution in [3.8, 4) is 0 Å². The lowest BCUT2D eigenvalue weighted by molar-refractivity contribution is 0.0205. The number of hydrogen-bond donors (Lipinski definition) is 1. The number of nitrogens with one attached hydrogen (secondary N) is 1. The van der Waals surface area contributed by atoms with Crippen molar-refractivity contribution in [3.63, 3.8) is 0 Å². The second-order valence-corrected chi connectivity index (χ2v) is 9.78. The van der Waals surface area contributed by atoms with Crippen molar-refractivity contribution < 1.29 is 18.7 Å². The molecule has 2 aliphatic rings. The fourth-order valence-corrected chi connectivity index (χ4v) is 4.31. The molecule has 1 N–H and O–H groups in total. The second-order valence-electron chi connectivity index (χ2n) is 9.78. The van der Waals surface area contributed by atoms with E-state index in [-0.39, 0.29) is 18.0 Å². The van der Waals surface area contributed by atoms with E-state index >= 15 is 0 Å². The predicted molar refractivity (Wildman–Crippen MR) is 124 cm³/mol. The van der Waals surface area contributed by atoms with E-state index in [2.05, 4.69) is 10.3 Å². The third-order valence-corrected chi connectivity index (χ3v) is 6.18. The highest BCUT2D eigenvalue weighted by Gasteiger charge is 2.33. The Morgan fingerprint density at radius 1 is 1.03 bits per heavy atom. The summed E-state index contributed by atoms with van der Waals surface area (Å²) in [7, 11) is 0. The summed E-state index contributed by atoms with van der Waals surface area (Å²) >= 11 is 0. The molecule has 33 heavy (non-hydrogen) atoms. The van der Waals surface area contributed by atoms with Gasteiger partial charge in [-0.1, -0.05) is 18.2 Å². The van der Waals surface area contributed by atoms with Crippen LogP contribution in [0.1, 0.15) is 56.6 Å². The Balaban J connectivity index is 1.24. The zero-order valence-electron chi connectivity index (χ0n) is 19.4. The average molecular weight is 455 g/mol. The van der Waals surface area contributed by atoms with Gasteiger partial charge in [0.2, 0.25) is 5.95 Å². The number of ether oxygens (including phenoxy) is 1. The first-order valence-electron chi connectivity index (χ1n) is 11.4. The van der Waals surface area contributed by atoms with E-state index < -0.39 is 11.5 Å². The molecular formula is C25H31FN4O3. The number of hydrogen-bond acceptors (Lipinski definition) is 4. The number of rotatable bonds is 3. The van der Waals surface area contributed by atoms with Gasteiger partial charge in [0.05, 0.1) is 0 Å². The van der Waals surface area contributed by atoms with Gasteiger partial charge in [0.1, 0.15) is 5.60 Å². The highest BCUT2D eigenvalue weighted by atomic mass is 19.1. The lowest BCUT2D eigenvalue weighted by Crippen LogP contribution is -2.50. The fraction of sp³-hybridized carbons (Fsp3) is 0.480. The van der Waals surface area contributed by atoms with E-state index in [0.717, 1.165) is 18.5 Å². The van der Waals surface area contributed by atoms with Gasteiger partial charge in [-0.3, -0.25) is 0 Å². The summed E-state index contributed by atoms with van der Waals surface area (Å²) in [6, 6.07) is 11.1. The largest absolute Gasteiger partial charge is 0.444 e. The van der Waals surface area contributed by atoms with Crippen LogP contribution < -0.4 is 5.32 Å². The maximum atomic E-state index is 13.8. The Labute approximate surface area is 193 Å². The molecule has 0 saturated carbocycles. The molecule has 176 valence electrons. The Kier molecular flexibility index (Phi) is 6.54. The Morgan fingerprint density at radius 2 is 1.70 bits per heavy atom.